The first kappa shape index (κ1) is 9.17. The summed E-state index contributed by atoms with van der Waals surface area (Å²) < 4.78 is 5.04. The van der Waals surface area contributed by atoms with E-state index in [0.29, 0.717) is 6.61 Å². The Hall–Kier alpha value is -0.830. The van der Waals surface area contributed by atoms with Crippen LogP contribution >= 0.6 is 0 Å². The highest BCUT2D eigenvalue weighted by Crippen LogP contribution is 1.80. The standard InChI is InChI=1S/C7H13NO2/c1-2-5-10-6-3-4-7(8)9/h3-4H,2,5-6H2,1H3,(H2,8,9). The Morgan fingerprint density at radius 2 is 2.40 bits per heavy atom. The topological polar surface area (TPSA) is 52.3 Å². The van der Waals surface area contributed by atoms with E-state index in [4.69, 9.17) is 10.5 Å². The zero-order chi connectivity index (χ0) is 7.82. The highest BCUT2D eigenvalue weighted by molar-refractivity contribution is 5.85. The van der Waals surface area contributed by atoms with Crippen LogP contribution in [-0.2, 0) is 9.53 Å². The van der Waals surface area contributed by atoms with E-state index in [1.165, 1.54) is 6.08 Å². The highest BCUT2D eigenvalue weighted by Gasteiger charge is 1.82. The number of hydrogen-bond donors (Lipinski definition) is 1. The van der Waals surface area contributed by atoms with E-state index in [9.17, 15) is 4.79 Å². The van der Waals surface area contributed by atoms with Crippen LogP contribution in [0.5, 0.6) is 0 Å². The average molecular weight is 143 g/mol. The molecule has 1 amide bonds. The smallest absolute Gasteiger partial charge is 0.241 e. The Morgan fingerprint density at radius 1 is 1.70 bits per heavy atom. The van der Waals surface area contributed by atoms with Crippen molar-refractivity contribution >= 4 is 5.91 Å². The SMILES string of the molecule is CCCOCC=CC(N)=O. The van der Waals surface area contributed by atoms with Gasteiger partial charge in [-0.15, -0.1) is 0 Å². The fourth-order valence-corrected chi connectivity index (χ4v) is 0.460. The fourth-order valence-electron chi connectivity index (χ4n) is 0.460. The third-order valence-electron chi connectivity index (χ3n) is 0.845. The lowest BCUT2D eigenvalue weighted by Crippen LogP contribution is -2.06. The Bertz CT molecular complexity index is 121. The molecule has 0 aromatic heterocycles. The molecule has 0 saturated carbocycles. The molecule has 0 aromatic carbocycles. The van der Waals surface area contributed by atoms with Gasteiger partial charge in [0.25, 0.3) is 0 Å². The molecule has 0 spiro atoms. The van der Waals surface area contributed by atoms with Gasteiger partial charge in [-0.2, -0.15) is 0 Å². The Morgan fingerprint density at radius 3 is 2.90 bits per heavy atom. The lowest BCUT2D eigenvalue weighted by molar-refractivity contribution is -0.113. The van der Waals surface area contributed by atoms with Gasteiger partial charge in [0.05, 0.1) is 6.61 Å². The Balaban J connectivity index is 3.10. The first-order chi connectivity index (χ1) is 4.77. The molecular weight excluding hydrogens is 130 g/mol. The molecule has 0 heterocycles. The number of amides is 1. The molecule has 0 atom stereocenters. The number of carbonyl (C=O) groups excluding carboxylic acids is 1. The van der Waals surface area contributed by atoms with Gasteiger partial charge in [0.1, 0.15) is 0 Å². The van der Waals surface area contributed by atoms with Crippen LogP contribution in [0.2, 0.25) is 0 Å². The number of rotatable bonds is 5. The summed E-state index contributed by atoms with van der Waals surface area (Å²) in [6.07, 6.45) is 3.90. The molecule has 0 aliphatic carbocycles. The zero-order valence-corrected chi connectivity index (χ0v) is 6.17. The molecule has 0 aliphatic heterocycles. The predicted octanol–water partition coefficient (Wildman–Crippen LogP) is 0.455. The van der Waals surface area contributed by atoms with Crippen molar-refractivity contribution in [3.8, 4) is 0 Å². The number of nitrogens with two attached hydrogens (primary N) is 1. The Labute approximate surface area is 60.9 Å². The van der Waals surface area contributed by atoms with Gasteiger partial charge in [-0.1, -0.05) is 13.0 Å². The molecule has 3 heteroatoms. The third-order valence-corrected chi connectivity index (χ3v) is 0.845. The van der Waals surface area contributed by atoms with E-state index >= 15 is 0 Å². The summed E-state index contributed by atoms with van der Waals surface area (Å²) in [5.41, 5.74) is 4.83. The minimum absolute atomic E-state index is 0.430. The summed E-state index contributed by atoms with van der Waals surface area (Å²) in [5.74, 6) is -0.430. The first-order valence-electron chi connectivity index (χ1n) is 3.31. The van der Waals surface area contributed by atoms with Crippen LogP contribution in [0, 0.1) is 0 Å². The van der Waals surface area contributed by atoms with E-state index in [2.05, 4.69) is 0 Å². The Kier molecular flexibility index (Phi) is 5.77. The van der Waals surface area contributed by atoms with E-state index < -0.39 is 5.91 Å². The van der Waals surface area contributed by atoms with Gasteiger partial charge in [-0.25, -0.2) is 0 Å². The van der Waals surface area contributed by atoms with Crippen molar-refractivity contribution < 1.29 is 9.53 Å². The maximum Gasteiger partial charge on any atom is 0.241 e. The van der Waals surface area contributed by atoms with E-state index in [0.717, 1.165) is 13.0 Å². The fraction of sp³-hybridized carbons (Fsp3) is 0.571. The normalized spacial score (nSPS) is 10.5. The van der Waals surface area contributed by atoms with Gasteiger partial charge in [0, 0.05) is 12.7 Å². The van der Waals surface area contributed by atoms with Crippen LogP contribution < -0.4 is 5.73 Å². The molecule has 10 heavy (non-hydrogen) atoms. The summed E-state index contributed by atoms with van der Waals surface area (Å²) in [4.78, 5) is 10.1. The van der Waals surface area contributed by atoms with Crippen LogP contribution in [0.1, 0.15) is 13.3 Å². The van der Waals surface area contributed by atoms with Gasteiger partial charge >= 0.3 is 0 Å². The molecule has 0 unspecified atom stereocenters. The molecule has 0 rings (SSSR count). The lowest BCUT2D eigenvalue weighted by atomic mass is 10.5. The first-order valence-corrected chi connectivity index (χ1v) is 3.31. The van der Waals surface area contributed by atoms with Crippen molar-refractivity contribution in [2.75, 3.05) is 13.2 Å². The molecule has 0 fully saturated rings. The van der Waals surface area contributed by atoms with Crippen molar-refractivity contribution in [2.24, 2.45) is 5.73 Å². The number of hydrogen-bond acceptors (Lipinski definition) is 2. The molecular formula is C7H13NO2. The maximum atomic E-state index is 10.1. The zero-order valence-electron chi connectivity index (χ0n) is 6.17. The van der Waals surface area contributed by atoms with Crippen molar-refractivity contribution in [3.63, 3.8) is 0 Å². The van der Waals surface area contributed by atoms with Gasteiger partial charge in [-0.05, 0) is 6.42 Å². The monoisotopic (exact) mass is 143 g/mol. The van der Waals surface area contributed by atoms with Crippen LogP contribution in [0.3, 0.4) is 0 Å². The van der Waals surface area contributed by atoms with Crippen molar-refractivity contribution in [2.45, 2.75) is 13.3 Å². The van der Waals surface area contributed by atoms with Gasteiger partial charge in [0.2, 0.25) is 5.91 Å². The summed E-state index contributed by atoms with van der Waals surface area (Å²) in [5, 5.41) is 0. The molecule has 0 aromatic rings. The molecule has 2 N–H and O–H groups in total. The summed E-state index contributed by atoms with van der Waals surface area (Å²) >= 11 is 0. The average Bonchev–Trinajstić information content (AvgIpc) is 1.87. The maximum absolute atomic E-state index is 10.1. The minimum Gasteiger partial charge on any atom is -0.377 e. The molecule has 0 bridgehead atoms. The molecule has 0 saturated heterocycles. The summed E-state index contributed by atoms with van der Waals surface area (Å²) in [7, 11) is 0. The number of primary amides is 1. The number of ether oxygens (including phenoxy) is 1. The summed E-state index contributed by atoms with van der Waals surface area (Å²) in [6, 6.07) is 0. The van der Waals surface area contributed by atoms with Crippen LogP contribution in [0.4, 0.5) is 0 Å². The number of carbonyl (C=O) groups is 1. The predicted molar refractivity (Wildman–Crippen MR) is 39.4 cm³/mol. The second-order valence-electron chi connectivity index (χ2n) is 1.88. The highest BCUT2D eigenvalue weighted by atomic mass is 16.5. The van der Waals surface area contributed by atoms with Gasteiger partial charge in [0.15, 0.2) is 0 Å². The second-order valence-corrected chi connectivity index (χ2v) is 1.88. The second kappa shape index (κ2) is 6.29. The molecule has 0 radical (unpaired) electrons. The quantitative estimate of drug-likeness (QED) is 0.449. The molecule has 58 valence electrons. The van der Waals surface area contributed by atoms with Crippen LogP contribution in [0.25, 0.3) is 0 Å². The van der Waals surface area contributed by atoms with E-state index in [-0.39, 0.29) is 0 Å². The van der Waals surface area contributed by atoms with Crippen LogP contribution in [-0.4, -0.2) is 19.1 Å². The van der Waals surface area contributed by atoms with Gasteiger partial charge in [-0.3, -0.25) is 4.79 Å². The summed E-state index contributed by atoms with van der Waals surface area (Å²) in [6.45, 7) is 3.22. The van der Waals surface area contributed by atoms with Gasteiger partial charge < -0.3 is 10.5 Å². The van der Waals surface area contributed by atoms with Crippen molar-refractivity contribution in [3.05, 3.63) is 12.2 Å². The minimum atomic E-state index is -0.430. The largest absolute Gasteiger partial charge is 0.377 e. The lowest BCUT2D eigenvalue weighted by Gasteiger charge is -1.94. The van der Waals surface area contributed by atoms with E-state index in [1.54, 1.807) is 6.08 Å². The van der Waals surface area contributed by atoms with Crippen molar-refractivity contribution in [1.82, 2.24) is 0 Å². The molecule has 3 nitrogen and oxygen atoms in total. The van der Waals surface area contributed by atoms with Crippen LogP contribution in [0.15, 0.2) is 12.2 Å². The van der Waals surface area contributed by atoms with E-state index in [1.807, 2.05) is 6.92 Å². The van der Waals surface area contributed by atoms with Crippen molar-refractivity contribution in [1.29, 1.82) is 0 Å². The third kappa shape index (κ3) is 7.17. The molecule has 0 aliphatic rings.